The number of carbonyl (C=O) groups is 1. The number of nitrogens with one attached hydrogen (secondary N) is 2. The molecule has 1 rings (SSSR count). The van der Waals surface area contributed by atoms with E-state index >= 15 is 0 Å². The summed E-state index contributed by atoms with van der Waals surface area (Å²) < 4.78 is 0. The number of urea groups is 1. The number of aliphatic hydroxyl groups is 1. The number of aliphatic hydroxyl groups excluding tert-OH is 1. The molecule has 0 saturated heterocycles. The fourth-order valence-electron chi connectivity index (χ4n) is 1.34. The van der Waals surface area contributed by atoms with Crippen LogP contribution in [0, 0.1) is 5.92 Å². The molecule has 18 heavy (non-hydrogen) atoms. The number of benzene rings is 1. The number of hydrogen-bond donors (Lipinski definition) is 3. The molecule has 1 aromatic carbocycles. The van der Waals surface area contributed by atoms with E-state index in [4.69, 9.17) is 28.3 Å². The van der Waals surface area contributed by atoms with Crippen LogP contribution in [-0.2, 0) is 0 Å². The molecule has 1 unspecified atom stereocenters. The fraction of sp³-hybridized carbons (Fsp3) is 0.417. The number of rotatable bonds is 4. The van der Waals surface area contributed by atoms with Crippen LogP contribution in [0.3, 0.4) is 0 Å². The highest BCUT2D eigenvalue weighted by Crippen LogP contribution is 2.25. The highest BCUT2D eigenvalue weighted by Gasteiger charge is 2.15. The van der Waals surface area contributed by atoms with E-state index in [0.717, 1.165) is 0 Å². The SMILES string of the molecule is CC(C)C(CO)NC(=O)Nc1cc(Cl)ccc1Cl. The molecule has 0 radical (unpaired) electrons. The number of carbonyl (C=O) groups excluding carboxylic acids is 1. The summed E-state index contributed by atoms with van der Waals surface area (Å²) in [6, 6.07) is 4.07. The van der Waals surface area contributed by atoms with Gasteiger partial charge in [0.15, 0.2) is 0 Å². The summed E-state index contributed by atoms with van der Waals surface area (Å²) in [7, 11) is 0. The molecule has 0 saturated carbocycles. The predicted molar refractivity (Wildman–Crippen MR) is 74.3 cm³/mol. The molecule has 0 spiro atoms. The molecule has 3 N–H and O–H groups in total. The van der Waals surface area contributed by atoms with Crippen molar-refractivity contribution in [1.29, 1.82) is 0 Å². The summed E-state index contributed by atoms with van der Waals surface area (Å²) in [5.74, 6) is 0.135. The number of halogens is 2. The lowest BCUT2D eigenvalue weighted by atomic mass is 10.1. The molecule has 0 bridgehead atoms. The molecule has 6 heteroatoms. The zero-order valence-corrected chi connectivity index (χ0v) is 11.7. The summed E-state index contributed by atoms with van der Waals surface area (Å²) in [6.45, 7) is 3.70. The first-order chi connectivity index (χ1) is 8.43. The Morgan fingerprint density at radius 3 is 2.61 bits per heavy atom. The van der Waals surface area contributed by atoms with E-state index in [0.29, 0.717) is 15.7 Å². The first-order valence-electron chi connectivity index (χ1n) is 5.57. The Morgan fingerprint density at radius 1 is 1.39 bits per heavy atom. The molecule has 0 fully saturated rings. The van der Waals surface area contributed by atoms with Crippen LogP contribution in [0.5, 0.6) is 0 Å². The van der Waals surface area contributed by atoms with Crippen molar-refractivity contribution in [1.82, 2.24) is 5.32 Å². The van der Waals surface area contributed by atoms with Gasteiger partial charge in [-0.1, -0.05) is 37.0 Å². The second kappa shape index (κ2) is 6.83. The van der Waals surface area contributed by atoms with Crippen molar-refractivity contribution in [2.75, 3.05) is 11.9 Å². The van der Waals surface area contributed by atoms with Crippen LogP contribution in [-0.4, -0.2) is 23.8 Å². The maximum atomic E-state index is 11.7. The van der Waals surface area contributed by atoms with Gasteiger partial charge in [-0.15, -0.1) is 0 Å². The van der Waals surface area contributed by atoms with E-state index < -0.39 is 6.03 Å². The third-order valence-electron chi connectivity index (χ3n) is 2.49. The van der Waals surface area contributed by atoms with Crippen molar-refractivity contribution in [3.8, 4) is 0 Å². The second-order valence-corrected chi connectivity index (χ2v) is 5.10. The van der Waals surface area contributed by atoms with Crippen molar-refractivity contribution >= 4 is 34.9 Å². The summed E-state index contributed by atoms with van der Waals surface area (Å²) >= 11 is 11.7. The topological polar surface area (TPSA) is 61.4 Å². The predicted octanol–water partition coefficient (Wildman–Crippen LogP) is 3.13. The highest BCUT2D eigenvalue weighted by atomic mass is 35.5. The molecule has 0 aliphatic carbocycles. The fourth-order valence-corrected chi connectivity index (χ4v) is 1.68. The maximum Gasteiger partial charge on any atom is 0.319 e. The standard InChI is InChI=1S/C12H16Cl2N2O2/c1-7(2)11(6-17)16-12(18)15-10-5-8(13)3-4-9(10)14/h3-5,7,11,17H,6H2,1-2H3,(H2,15,16,18). The lowest BCUT2D eigenvalue weighted by molar-refractivity contribution is 0.204. The molecule has 0 heterocycles. The van der Waals surface area contributed by atoms with Gasteiger partial charge in [0.25, 0.3) is 0 Å². The van der Waals surface area contributed by atoms with Crippen LogP contribution in [0.1, 0.15) is 13.8 Å². The summed E-state index contributed by atoms with van der Waals surface area (Å²) in [6.07, 6.45) is 0. The van der Waals surface area contributed by atoms with Crippen LogP contribution in [0.25, 0.3) is 0 Å². The summed E-state index contributed by atoms with van der Waals surface area (Å²) in [4.78, 5) is 11.7. The average Bonchev–Trinajstić information content (AvgIpc) is 2.30. The Labute approximate surface area is 116 Å². The van der Waals surface area contributed by atoms with Gasteiger partial charge < -0.3 is 15.7 Å². The minimum Gasteiger partial charge on any atom is -0.394 e. The van der Waals surface area contributed by atoms with Crippen molar-refractivity contribution in [2.45, 2.75) is 19.9 Å². The molecule has 4 nitrogen and oxygen atoms in total. The number of amides is 2. The Hall–Kier alpha value is -0.970. The normalized spacial score (nSPS) is 12.3. The summed E-state index contributed by atoms with van der Waals surface area (Å²) in [5.41, 5.74) is 0.433. The quantitative estimate of drug-likeness (QED) is 0.798. The van der Waals surface area contributed by atoms with Crippen LogP contribution in [0.4, 0.5) is 10.5 Å². The van der Waals surface area contributed by atoms with E-state index in [1.54, 1.807) is 18.2 Å². The lowest BCUT2D eigenvalue weighted by Gasteiger charge is -2.20. The van der Waals surface area contributed by atoms with Gasteiger partial charge in [0, 0.05) is 5.02 Å². The van der Waals surface area contributed by atoms with Gasteiger partial charge in [0.05, 0.1) is 23.4 Å². The van der Waals surface area contributed by atoms with Crippen molar-refractivity contribution < 1.29 is 9.90 Å². The van der Waals surface area contributed by atoms with Crippen LogP contribution >= 0.6 is 23.2 Å². The van der Waals surface area contributed by atoms with Crippen molar-refractivity contribution in [3.05, 3.63) is 28.2 Å². The molecule has 100 valence electrons. The Morgan fingerprint density at radius 2 is 2.06 bits per heavy atom. The summed E-state index contributed by atoms with van der Waals surface area (Å²) in [5, 5.41) is 15.3. The van der Waals surface area contributed by atoms with Crippen LogP contribution < -0.4 is 10.6 Å². The van der Waals surface area contributed by atoms with Gasteiger partial charge in [-0.05, 0) is 24.1 Å². The molecular formula is C12H16Cl2N2O2. The van der Waals surface area contributed by atoms with E-state index in [1.807, 2.05) is 13.8 Å². The van der Waals surface area contributed by atoms with Gasteiger partial charge in [-0.3, -0.25) is 0 Å². The van der Waals surface area contributed by atoms with Gasteiger partial charge in [-0.2, -0.15) is 0 Å². The maximum absolute atomic E-state index is 11.7. The van der Waals surface area contributed by atoms with Crippen molar-refractivity contribution in [3.63, 3.8) is 0 Å². The van der Waals surface area contributed by atoms with Gasteiger partial charge in [0.2, 0.25) is 0 Å². The van der Waals surface area contributed by atoms with E-state index in [-0.39, 0.29) is 18.6 Å². The average molecular weight is 291 g/mol. The molecule has 0 aliphatic heterocycles. The third-order valence-corrected chi connectivity index (χ3v) is 3.06. The molecule has 2 amide bonds. The first kappa shape index (κ1) is 15.1. The van der Waals surface area contributed by atoms with Gasteiger partial charge >= 0.3 is 6.03 Å². The van der Waals surface area contributed by atoms with E-state index in [1.165, 1.54) is 0 Å². The smallest absolute Gasteiger partial charge is 0.319 e. The lowest BCUT2D eigenvalue weighted by Crippen LogP contribution is -2.43. The Bertz CT molecular complexity index is 425. The molecule has 1 aromatic rings. The zero-order chi connectivity index (χ0) is 13.7. The van der Waals surface area contributed by atoms with E-state index in [9.17, 15) is 4.79 Å². The second-order valence-electron chi connectivity index (χ2n) is 4.26. The zero-order valence-electron chi connectivity index (χ0n) is 10.2. The van der Waals surface area contributed by atoms with Crippen molar-refractivity contribution in [2.24, 2.45) is 5.92 Å². The molecular weight excluding hydrogens is 275 g/mol. The van der Waals surface area contributed by atoms with Crippen LogP contribution in [0.15, 0.2) is 18.2 Å². The number of anilines is 1. The Balaban J connectivity index is 2.67. The minimum absolute atomic E-state index is 0.117. The Kier molecular flexibility index (Phi) is 5.72. The monoisotopic (exact) mass is 290 g/mol. The largest absolute Gasteiger partial charge is 0.394 e. The minimum atomic E-state index is -0.424. The highest BCUT2D eigenvalue weighted by molar-refractivity contribution is 6.35. The number of hydrogen-bond acceptors (Lipinski definition) is 2. The first-order valence-corrected chi connectivity index (χ1v) is 6.33. The van der Waals surface area contributed by atoms with Gasteiger partial charge in [-0.25, -0.2) is 4.79 Å². The van der Waals surface area contributed by atoms with Gasteiger partial charge in [0.1, 0.15) is 0 Å². The van der Waals surface area contributed by atoms with Crippen LogP contribution in [0.2, 0.25) is 10.0 Å². The van der Waals surface area contributed by atoms with E-state index in [2.05, 4.69) is 10.6 Å². The third kappa shape index (κ3) is 4.37. The molecule has 0 aliphatic rings. The molecule has 0 aromatic heterocycles. The molecule has 1 atom stereocenters.